The number of aromatic carboxylic acids is 1. The topological polar surface area (TPSA) is 95.5 Å². The lowest BCUT2D eigenvalue weighted by atomic mass is 10.2. The van der Waals surface area contributed by atoms with Crippen molar-refractivity contribution in [2.45, 2.75) is 19.8 Å². The van der Waals surface area contributed by atoms with Crippen molar-refractivity contribution in [3.05, 3.63) is 29.8 Å². The van der Waals surface area contributed by atoms with Gasteiger partial charge in [-0.2, -0.15) is 0 Å². The maximum absolute atomic E-state index is 11.5. The van der Waals surface area contributed by atoms with E-state index in [0.29, 0.717) is 25.1 Å². The summed E-state index contributed by atoms with van der Waals surface area (Å²) in [6.45, 7) is 1.88. The van der Waals surface area contributed by atoms with Crippen LogP contribution in [0.3, 0.4) is 0 Å². The number of anilines is 1. The molecular weight excluding hydrogens is 248 g/mol. The van der Waals surface area contributed by atoms with Crippen LogP contribution in [-0.2, 0) is 9.59 Å². The van der Waals surface area contributed by atoms with E-state index >= 15 is 0 Å². The Morgan fingerprint density at radius 2 is 1.79 bits per heavy atom. The minimum Gasteiger partial charge on any atom is -0.478 e. The van der Waals surface area contributed by atoms with Crippen LogP contribution >= 0.6 is 0 Å². The van der Waals surface area contributed by atoms with Crippen molar-refractivity contribution < 1.29 is 19.5 Å². The predicted octanol–water partition coefficient (Wildman–Crippen LogP) is 1.24. The zero-order chi connectivity index (χ0) is 14.3. The van der Waals surface area contributed by atoms with Gasteiger partial charge in [-0.3, -0.25) is 9.59 Å². The zero-order valence-corrected chi connectivity index (χ0v) is 10.6. The Balaban J connectivity index is 2.35. The lowest BCUT2D eigenvalue weighted by Gasteiger charge is -2.05. The van der Waals surface area contributed by atoms with Gasteiger partial charge in [-0.15, -0.1) is 0 Å². The van der Waals surface area contributed by atoms with Crippen LogP contribution in [0.15, 0.2) is 24.3 Å². The molecule has 0 bridgehead atoms. The zero-order valence-electron chi connectivity index (χ0n) is 10.6. The molecule has 0 aliphatic rings. The van der Waals surface area contributed by atoms with Crippen molar-refractivity contribution in [1.82, 2.24) is 5.32 Å². The van der Waals surface area contributed by atoms with E-state index in [0.717, 1.165) is 0 Å². The molecule has 0 aliphatic heterocycles. The van der Waals surface area contributed by atoms with Gasteiger partial charge in [0.2, 0.25) is 11.8 Å². The van der Waals surface area contributed by atoms with Gasteiger partial charge in [0.15, 0.2) is 0 Å². The Hall–Kier alpha value is -2.37. The molecule has 3 N–H and O–H groups in total. The molecule has 1 aromatic rings. The molecule has 1 aromatic carbocycles. The summed E-state index contributed by atoms with van der Waals surface area (Å²) < 4.78 is 0. The third-order valence-electron chi connectivity index (χ3n) is 2.37. The van der Waals surface area contributed by atoms with Gasteiger partial charge >= 0.3 is 5.97 Å². The number of carbonyl (C=O) groups excluding carboxylic acids is 2. The molecule has 102 valence electrons. The molecular formula is C13H16N2O4. The van der Waals surface area contributed by atoms with Crippen LogP contribution in [0.2, 0.25) is 0 Å². The Bertz CT molecular complexity index is 468. The van der Waals surface area contributed by atoms with Crippen molar-refractivity contribution in [3.8, 4) is 0 Å². The Morgan fingerprint density at radius 1 is 1.16 bits per heavy atom. The van der Waals surface area contributed by atoms with Gasteiger partial charge in [0.25, 0.3) is 0 Å². The number of carboxylic acids is 1. The van der Waals surface area contributed by atoms with E-state index in [1.807, 2.05) is 0 Å². The minimum atomic E-state index is -1.01. The molecule has 0 unspecified atom stereocenters. The summed E-state index contributed by atoms with van der Waals surface area (Å²) in [6.07, 6.45) is 0.847. The fourth-order valence-electron chi connectivity index (χ4n) is 1.43. The highest BCUT2D eigenvalue weighted by Gasteiger charge is 2.04. The summed E-state index contributed by atoms with van der Waals surface area (Å²) in [5, 5.41) is 14.0. The molecule has 2 amide bonds. The second-order valence-corrected chi connectivity index (χ2v) is 4.02. The molecule has 1 rings (SSSR count). The van der Waals surface area contributed by atoms with Gasteiger partial charge in [-0.05, 0) is 30.7 Å². The Morgan fingerprint density at radius 3 is 2.32 bits per heavy atom. The van der Waals surface area contributed by atoms with E-state index in [2.05, 4.69) is 10.6 Å². The number of amides is 2. The third-order valence-corrected chi connectivity index (χ3v) is 2.37. The monoisotopic (exact) mass is 264 g/mol. The highest BCUT2D eigenvalue weighted by Crippen LogP contribution is 2.10. The first-order valence-corrected chi connectivity index (χ1v) is 5.86. The molecule has 0 atom stereocenters. The van der Waals surface area contributed by atoms with Gasteiger partial charge in [-0.25, -0.2) is 4.79 Å². The summed E-state index contributed by atoms with van der Waals surface area (Å²) in [6, 6.07) is 5.93. The van der Waals surface area contributed by atoms with Crippen LogP contribution in [0.4, 0.5) is 5.69 Å². The summed E-state index contributed by atoms with van der Waals surface area (Å²) in [5.74, 6) is -1.30. The average molecular weight is 264 g/mol. The quantitative estimate of drug-likeness (QED) is 0.673. The smallest absolute Gasteiger partial charge is 0.335 e. The average Bonchev–Trinajstić information content (AvgIpc) is 2.35. The van der Waals surface area contributed by atoms with Gasteiger partial charge in [-0.1, -0.05) is 0 Å². The number of carboxylic acid groups (broad SMARTS) is 1. The van der Waals surface area contributed by atoms with Crippen LogP contribution in [-0.4, -0.2) is 29.4 Å². The number of carbonyl (C=O) groups is 3. The molecule has 6 heteroatoms. The Labute approximate surface area is 110 Å². The molecule has 0 heterocycles. The largest absolute Gasteiger partial charge is 0.478 e. The lowest BCUT2D eigenvalue weighted by Crippen LogP contribution is -2.22. The molecule has 0 fully saturated rings. The molecule has 0 saturated carbocycles. The van der Waals surface area contributed by atoms with Crippen LogP contribution < -0.4 is 10.6 Å². The minimum absolute atomic E-state index is 0.121. The number of nitrogens with one attached hydrogen (secondary N) is 2. The molecule has 19 heavy (non-hydrogen) atoms. The first kappa shape index (κ1) is 14.7. The van der Waals surface area contributed by atoms with E-state index in [1.165, 1.54) is 31.2 Å². The summed E-state index contributed by atoms with van der Waals surface area (Å²) in [5.41, 5.74) is 0.721. The van der Waals surface area contributed by atoms with E-state index in [9.17, 15) is 14.4 Å². The van der Waals surface area contributed by atoms with Crippen molar-refractivity contribution in [2.24, 2.45) is 0 Å². The van der Waals surface area contributed by atoms with Crippen LogP contribution in [0.1, 0.15) is 30.1 Å². The van der Waals surface area contributed by atoms with Crippen LogP contribution in [0, 0.1) is 0 Å². The standard InChI is InChI=1S/C13H16N2O4/c1-9(16)14-8-2-3-12(17)15-11-6-4-10(5-7-11)13(18)19/h4-7H,2-3,8H2,1H3,(H,14,16)(H,15,17)(H,18,19). The number of hydrogen-bond donors (Lipinski definition) is 3. The summed E-state index contributed by atoms with van der Waals surface area (Å²) >= 11 is 0. The number of rotatable bonds is 6. The summed E-state index contributed by atoms with van der Waals surface area (Å²) in [7, 11) is 0. The van der Waals surface area contributed by atoms with Crippen molar-refractivity contribution >= 4 is 23.5 Å². The van der Waals surface area contributed by atoms with E-state index < -0.39 is 5.97 Å². The second kappa shape index (κ2) is 7.15. The second-order valence-electron chi connectivity index (χ2n) is 4.02. The van der Waals surface area contributed by atoms with Gasteiger partial charge < -0.3 is 15.7 Å². The number of benzene rings is 1. The first-order chi connectivity index (χ1) is 8.99. The van der Waals surface area contributed by atoms with Crippen molar-refractivity contribution in [3.63, 3.8) is 0 Å². The predicted molar refractivity (Wildman–Crippen MR) is 69.9 cm³/mol. The van der Waals surface area contributed by atoms with Crippen molar-refractivity contribution in [1.29, 1.82) is 0 Å². The van der Waals surface area contributed by atoms with E-state index in [4.69, 9.17) is 5.11 Å². The highest BCUT2D eigenvalue weighted by molar-refractivity contribution is 5.92. The maximum Gasteiger partial charge on any atom is 0.335 e. The molecule has 0 saturated heterocycles. The lowest BCUT2D eigenvalue weighted by molar-refractivity contribution is -0.119. The fraction of sp³-hybridized carbons (Fsp3) is 0.308. The number of hydrogen-bond acceptors (Lipinski definition) is 3. The van der Waals surface area contributed by atoms with E-state index in [-0.39, 0.29) is 17.4 Å². The Kier molecular flexibility index (Phi) is 5.53. The highest BCUT2D eigenvalue weighted by atomic mass is 16.4. The molecule has 0 aromatic heterocycles. The SMILES string of the molecule is CC(=O)NCCCC(=O)Nc1ccc(C(=O)O)cc1. The normalized spacial score (nSPS) is 9.74. The van der Waals surface area contributed by atoms with Gasteiger partial charge in [0.1, 0.15) is 0 Å². The molecule has 6 nitrogen and oxygen atoms in total. The molecule has 0 radical (unpaired) electrons. The molecule has 0 aliphatic carbocycles. The van der Waals surface area contributed by atoms with Crippen LogP contribution in [0.5, 0.6) is 0 Å². The third kappa shape index (κ3) is 5.67. The van der Waals surface area contributed by atoms with Crippen molar-refractivity contribution in [2.75, 3.05) is 11.9 Å². The first-order valence-electron chi connectivity index (χ1n) is 5.86. The fourth-order valence-corrected chi connectivity index (χ4v) is 1.43. The van der Waals surface area contributed by atoms with Gasteiger partial charge in [0.05, 0.1) is 5.56 Å². The van der Waals surface area contributed by atoms with Gasteiger partial charge in [0, 0.05) is 25.6 Å². The maximum atomic E-state index is 11.5. The van der Waals surface area contributed by atoms with Crippen LogP contribution in [0.25, 0.3) is 0 Å². The molecule has 0 spiro atoms. The van der Waals surface area contributed by atoms with E-state index in [1.54, 1.807) is 0 Å². The summed E-state index contributed by atoms with van der Waals surface area (Å²) in [4.78, 5) is 32.8.